The van der Waals surface area contributed by atoms with Crippen LogP contribution in [0.5, 0.6) is 0 Å². The molecule has 0 aromatic carbocycles. The van der Waals surface area contributed by atoms with Gasteiger partial charge in [-0.25, -0.2) is 0 Å². The summed E-state index contributed by atoms with van der Waals surface area (Å²) in [7, 11) is 0. The molecule has 1 N–H and O–H groups in total. The molecule has 110 valence electrons. The van der Waals surface area contributed by atoms with Crippen LogP contribution in [0.2, 0.25) is 0 Å². The molecule has 0 spiro atoms. The molecule has 0 saturated carbocycles. The van der Waals surface area contributed by atoms with Crippen LogP contribution < -0.4 is 5.32 Å². The third kappa shape index (κ3) is 4.67. The van der Waals surface area contributed by atoms with Crippen molar-refractivity contribution in [1.82, 2.24) is 10.2 Å². The summed E-state index contributed by atoms with van der Waals surface area (Å²) in [5, 5.41) is 3.50. The fourth-order valence-corrected chi connectivity index (χ4v) is 4.27. The molecule has 1 atom stereocenters. The van der Waals surface area contributed by atoms with Crippen LogP contribution in [0.4, 0.5) is 0 Å². The van der Waals surface area contributed by atoms with Crippen LogP contribution >= 0.6 is 11.8 Å². The van der Waals surface area contributed by atoms with Crippen LogP contribution in [-0.2, 0) is 4.79 Å². The number of nitrogens with zero attached hydrogens (tertiary/aromatic N) is 1. The molecule has 3 nitrogen and oxygen atoms in total. The van der Waals surface area contributed by atoms with Gasteiger partial charge in [0.1, 0.15) is 0 Å². The Kier molecular flexibility index (Phi) is 6.02. The molecule has 19 heavy (non-hydrogen) atoms. The minimum absolute atomic E-state index is 0.327. The van der Waals surface area contributed by atoms with E-state index < -0.39 is 0 Å². The van der Waals surface area contributed by atoms with E-state index in [9.17, 15) is 4.79 Å². The van der Waals surface area contributed by atoms with Crippen LogP contribution in [0, 0.1) is 5.92 Å². The number of hydrogen-bond acceptors (Lipinski definition) is 3. The third-order valence-electron chi connectivity index (χ3n) is 4.33. The van der Waals surface area contributed by atoms with Crippen molar-refractivity contribution >= 4 is 17.7 Å². The first-order valence-electron chi connectivity index (χ1n) is 7.77. The first-order chi connectivity index (χ1) is 9.16. The lowest BCUT2D eigenvalue weighted by Gasteiger charge is -2.31. The zero-order chi connectivity index (χ0) is 13.7. The molecular formula is C15H28N2OS. The maximum atomic E-state index is 12.5. The number of carbonyl (C=O) groups excluding carboxylic acids is 1. The van der Waals surface area contributed by atoms with Gasteiger partial charge in [0, 0.05) is 25.0 Å². The third-order valence-corrected chi connectivity index (χ3v) is 5.38. The van der Waals surface area contributed by atoms with Crippen LogP contribution in [0.25, 0.3) is 0 Å². The quantitative estimate of drug-likeness (QED) is 0.842. The Hall–Kier alpha value is -0.220. The molecule has 2 aliphatic rings. The Labute approximate surface area is 121 Å². The van der Waals surface area contributed by atoms with Crippen molar-refractivity contribution in [3.63, 3.8) is 0 Å². The summed E-state index contributed by atoms with van der Waals surface area (Å²) in [5.74, 6) is 3.49. The molecule has 1 unspecified atom stereocenters. The van der Waals surface area contributed by atoms with Gasteiger partial charge in [-0.3, -0.25) is 4.79 Å². The summed E-state index contributed by atoms with van der Waals surface area (Å²) in [4.78, 5) is 14.6. The number of carbonyl (C=O) groups is 1. The van der Waals surface area contributed by atoms with E-state index >= 15 is 0 Å². The Morgan fingerprint density at radius 3 is 2.63 bits per heavy atom. The molecule has 2 fully saturated rings. The summed E-state index contributed by atoms with van der Waals surface area (Å²) in [6.45, 7) is 6.30. The second kappa shape index (κ2) is 7.53. The van der Waals surface area contributed by atoms with E-state index in [0.29, 0.717) is 23.9 Å². The fourth-order valence-electron chi connectivity index (χ4n) is 3.07. The van der Waals surface area contributed by atoms with Crippen molar-refractivity contribution in [2.75, 3.05) is 24.6 Å². The van der Waals surface area contributed by atoms with Gasteiger partial charge in [-0.05, 0) is 63.5 Å². The first kappa shape index (κ1) is 15.2. The largest absolute Gasteiger partial charge is 0.339 e. The first-order valence-corrected chi connectivity index (χ1v) is 8.93. The highest BCUT2D eigenvalue weighted by molar-refractivity contribution is 7.99. The number of rotatable bonds is 5. The monoisotopic (exact) mass is 284 g/mol. The normalized spacial score (nSPS) is 24.9. The molecular weight excluding hydrogens is 256 g/mol. The Morgan fingerprint density at radius 1 is 1.32 bits per heavy atom. The summed E-state index contributed by atoms with van der Waals surface area (Å²) >= 11 is 2.03. The van der Waals surface area contributed by atoms with Gasteiger partial charge in [-0.15, -0.1) is 0 Å². The Balaban J connectivity index is 1.84. The van der Waals surface area contributed by atoms with Gasteiger partial charge in [0.15, 0.2) is 0 Å². The number of amides is 1. The van der Waals surface area contributed by atoms with Gasteiger partial charge in [0.05, 0.1) is 0 Å². The molecule has 0 aromatic rings. The molecule has 0 aromatic heterocycles. The predicted octanol–water partition coefficient (Wildman–Crippen LogP) is 2.51. The average molecular weight is 284 g/mol. The molecule has 2 heterocycles. The highest BCUT2D eigenvalue weighted by atomic mass is 32.2. The summed E-state index contributed by atoms with van der Waals surface area (Å²) in [5.41, 5.74) is 0. The zero-order valence-corrected chi connectivity index (χ0v) is 13.2. The van der Waals surface area contributed by atoms with Crippen molar-refractivity contribution in [3.05, 3.63) is 0 Å². The SMILES string of the molecule is CC(C)N(CC1CCCN1)C(=O)CC1CCSCC1. The second-order valence-corrected chi connectivity index (χ2v) is 7.42. The molecule has 2 rings (SSSR count). The predicted molar refractivity (Wildman–Crippen MR) is 82.5 cm³/mol. The van der Waals surface area contributed by atoms with Crippen molar-refractivity contribution in [2.24, 2.45) is 5.92 Å². The topological polar surface area (TPSA) is 32.3 Å². The molecule has 0 aliphatic carbocycles. The van der Waals surface area contributed by atoms with Crippen molar-refractivity contribution < 1.29 is 4.79 Å². The number of nitrogens with one attached hydrogen (secondary N) is 1. The maximum Gasteiger partial charge on any atom is 0.223 e. The minimum Gasteiger partial charge on any atom is -0.339 e. The number of thioether (sulfide) groups is 1. The molecule has 1 amide bonds. The smallest absolute Gasteiger partial charge is 0.223 e. The Morgan fingerprint density at radius 2 is 2.05 bits per heavy atom. The zero-order valence-electron chi connectivity index (χ0n) is 12.4. The summed E-state index contributed by atoms with van der Waals surface area (Å²) < 4.78 is 0. The molecule has 4 heteroatoms. The average Bonchev–Trinajstić information content (AvgIpc) is 2.89. The van der Waals surface area contributed by atoms with E-state index in [4.69, 9.17) is 0 Å². The van der Waals surface area contributed by atoms with Gasteiger partial charge in [0.25, 0.3) is 0 Å². The second-order valence-electron chi connectivity index (χ2n) is 6.19. The van der Waals surface area contributed by atoms with Crippen LogP contribution in [-0.4, -0.2) is 47.5 Å². The highest BCUT2D eigenvalue weighted by Gasteiger charge is 2.26. The summed E-state index contributed by atoms with van der Waals surface area (Å²) in [6.07, 6.45) is 5.70. The van der Waals surface area contributed by atoms with Gasteiger partial charge in [0.2, 0.25) is 5.91 Å². The van der Waals surface area contributed by atoms with E-state index in [2.05, 4.69) is 24.1 Å². The van der Waals surface area contributed by atoms with E-state index in [1.807, 2.05) is 11.8 Å². The van der Waals surface area contributed by atoms with Gasteiger partial charge < -0.3 is 10.2 Å². The van der Waals surface area contributed by atoms with E-state index in [0.717, 1.165) is 19.5 Å². The lowest BCUT2D eigenvalue weighted by atomic mass is 9.97. The van der Waals surface area contributed by atoms with E-state index in [1.54, 1.807) is 0 Å². The van der Waals surface area contributed by atoms with Crippen LogP contribution in [0.3, 0.4) is 0 Å². The standard InChI is InChI=1S/C15H28N2OS/c1-12(2)17(11-14-4-3-7-16-14)15(18)10-13-5-8-19-9-6-13/h12-14,16H,3-11H2,1-2H3. The Bertz CT molecular complexity index is 284. The van der Waals surface area contributed by atoms with Crippen LogP contribution in [0.1, 0.15) is 46.0 Å². The number of hydrogen-bond donors (Lipinski definition) is 1. The fraction of sp³-hybridized carbons (Fsp3) is 0.933. The minimum atomic E-state index is 0.327. The van der Waals surface area contributed by atoms with Gasteiger partial charge in [-0.2, -0.15) is 11.8 Å². The molecule has 2 aliphatic heterocycles. The van der Waals surface area contributed by atoms with Gasteiger partial charge in [-0.1, -0.05) is 0 Å². The lowest BCUT2D eigenvalue weighted by molar-refractivity contribution is -0.134. The molecule has 0 radical (unpaired) electrons. The highest BCUT2D eigenvalue weighted by Crippen LogP contribution is 2.26. The van der Waals surface area contributed by atoms with Crippen LogP contribution in [0.15, 0.2) is 0 Å². The lowest BCUT2D eigenvalue weighted by Crippen LogP contribution is -2.45. The van der Waals surface area contributed by atoms with Crippen molar-refractivity contribution in [1.29, 1.82) is 0 Å². The van der Waals surface area contributed by atoms with Crippen molar-refractivity contribution in [2.45, 2.75) is 58.0 Å². The van der Waals surface area contributed by atoms with E-state index in [-0.39, 0.29) is 0 Å². The van der Waals surface area contributed by atoms with Gasteiger partial charge >= 0.3 is 0 Å². The maximum absolute atomic E-state index is 12.5. The van der Waals surface area contributed by atoms with Crippen molar-refractivity contribution in [3.8, 4) is 0 Å². The van der Waals surface area contributed by atoms with E-state index in [1.165, 1.54) is 37.2 Å². The summed E-state index contributed by atoms with van der Waals surface area (Å²) in [6, 6.07) is 0.848. The molecule has 2 saturated heterocycles. The molecule has 0 bridgehead atoms.